The lowest BCUT2D eigenvalue weighted by Gasteiger charge is -2.39. The Labute approximate surface area is 177 Å². The fraction of sp³-hybridized carbons (Fsp3) is 0.292. The van der Waals surface area contributed by atoms with Crippen LogP contribution in [0.25, 0.3) is 11.9 Å². The van der Waals surface area contributed by atoms with Gasteiger partial charge < -0.3 is 14.2 Å². The summed E-state index contributed by atoms with van der Waals surface area (Å²) in [6.07, 6.45) is 4.51. The fourth-order valence-electron chi connectivity index (χ4n) is 4.03. The van der Waals surface area contributed by atoms with Crippen LogP contribution in [0.2, 0.25) is 0 Å². The summed E-state index contributed by atoms with van der Waals surface area (Å²) in [5, 5.41) is 7.04. The molecule has 0 bridgehead atoms. The molecule has 4 rings (SSSR count). The van der Waals surface area contributed by atoms with Crippen molar-refractivity contribution in [3.05, 3.63) is 76.3 Å². The normalized spacial score (nSPS) is 16.4. The lowest BCUT2D eigenvalue weighted by Crippen LogP contribution is -2.55. The average Bonchev–Trinajstić information content (AvgIpc) is 2.81. The second-order valence-electron chi connectivity index (χ2n) is 7.43. The number of benzene rings is 2. The first-order valence-electron chi connectivity index (χ1n) is 10.1. The van der Waals surface area contributed by atoms with Crippen molar-refractivity contribution in [2.75, 3.05) is 47.6 Å². The minimum absolute atomic E-state index is 0.635. The third kappa shape index (κ3) is 3.77. The van der Waals surface area contributed by atoms with Gasteiger partial charge in [-0.2, -0.15) is 5.10 Å². The minimum Gasteiger partial charge on any atom is -0.497 e. The van der Waals surface area contributed by atoms with E-state index in [4.69, 9.17) is 19.3 Å². The molecule has 6 nitrogen and oxygen atoms in total. The number of hydrogen-bond donors (Lipinski definition) is 1. The number of rotatable bonds is 8. The molecule has 2 heterocycles. The summed E-state index contributed by atoms with van der Waals surface area (Å²) in [5.41, 5.74) is 7.48. The Kier molecular flexibility index (Phi) is 5.99. The maximum atomic E-state index is 5.48. The first-order valence-corrected chi connectivity index (χ1v) is 10.1. The van der Waals surface area contributed by atoms with E-state index in [1.54, 1.807) is 21.3 Å². The number of fused-ring (bicyclic) bond motifs is 2. The molecule has 6 heteroatoms. The highest BCUT2D eigenvalue weighted by Gasteiger charge is 2.38. The maximum absolute atomic E-state index is 5.48. The highest BCUT2D eigenvalue weighted by molar-refractivity contribution is 6.11. The molecule has 0 spiro atoms. The standard InChI is InChI=1S/C24H28N3O3/c1-28-14-12-27(13-15-29-2)17-19-6-4-5-7-21(19)24-23(27)16-22(25-26-24)18-8-10-20(30-3)11-9-18/h4-11,16-17,26H,12-15H2,1-3H3/q+1. The number of quaternary nitrogens is 1. The van der Waals surface area contributed by atoms with E-state index >= 15 is 0 Å². The zero-order valence-electron chi connectivity index (χ0n) is 17.7. The number of nitrogens with zero attached hydrogens (tertiary/aromatic N) is 2. The van der Waals surface area contributed by atoms with Gasteiger partial charge in [0.25, 0.3) is 0 Å². The Balaban J connectivity index is 1.86. The fourth-order valence-corrected chi connectivity index (χ4v) is 4.03. The molecule has 2 aromatic carbocycles. The van der Waals surface area contributed by atoms with E-state index in [0.29, 0.717) is 17.7 Å². The van der Waals surface area contributed by atoms with Crippen LogP contribution in [0.3, 0.4) is 0 Å². The van der Waals surface area contributed by atoms with Gasteiger partial charge in [-0.1, -0.05) is 18.2 Å². The molecular weight excluding hydrogens is 378 g/mol. The second-order valence-corrected chi connectivity index (χ2v) is 7.43. The van der Waals surface area contributed by atoms with E-state index in [2.05, 4.69) is 42.0 Å². The van der Waals surface area contributed by atoms with Gasteiger partial charge in [0, 0.05) is 36.3 Å². The lowest BCUT2D eigenvalue weighted by molar-refractivity contribution is -0.811. The van der Waals surface area contributed by atoms with E-state index in [-0.39, 0.29) is 0 Å². The van der Waals surface area contributed by atoms with Crippen molar-refractivity contribution >= 4 is 17.6 Å². The first kappa shape index (κ1) is 20.3. The van der Waals surface area contributed by atoms with Crippen molar-refractivity contribution < 1.29 is 18.7 Å². The van der Waals surface area contributed by atoms with E-state index in [1.807, 2.05) is 24.3 Å². The van der Waals surface area contributed by atoms with Gasteiger partial charge in [-0.05, 0) is 30.3 Å². The van der Waals surface area contributed by atoms with Gasteiger partial charge in [0.05, 0.1) is 26.0 Å². The molecule has 2 aliphatic heterocycles. The third-order valence-corrected chi connectivity index (χ3v) is 5.69. The van der Waals surface area contributed by atoms with Gasteiger partial charge in [-0.3, -0.25) is 9.91 Å². The molecule has 0 aromatic heterocycles. The highest BCUT2D eigenvalue weighted by Crippen LogP contribution is 2.29. The Bertz CT molecular complexity index is 1080. The lowest BCUT2D eigenvalue weighted by atomic mass is 10.0. The minimum atomic E-state index is 0.635. The second kappa shape index (κ2) is 8.83. The summed E-state index contributed by atoms with van der Waals surface area (Å²) in [7, 11) is 5.16. The zero-order chi connectivity index (χ0) is 21.0. The molecule has 0 unspecified atom stereocenters. The van der Waals surface area contributed by atoms with E-state index in [1.165, 1.54) is 10.9 Å². The molecule has 2 aliphatic rings. The largest absolute Gasteiger partial charge is 0.497 e. The zero-order valence-corrected chi connectivity index (χ0v) is 17.7. The van der Waals surface area contributed by atoms with Crippen LogP contribution in [0.15, 0.2) is 65.4 Å². The number of methoxy groups -OCH3 is 3. The summed E-state index contributed by atoms with van der Waals surface area (Å²) >= 11 is 0. The molecular formula is C24H28N3O3+. The maximum Gasteiger partial charge on any atom is 0.165 e. The smallest absolute Gasteiger partial charge is 0.165 e. The van der Waals surface area contributed by atoms with E-state index < -0.39 is 0 Å². The van der Waals surface area contributed by atoms with Crippen molar-refractivity contribution in [1.82, 2.24) is 5.43 Å². The molecule has 0 aliphatic carbocycles. The van der Waals surface area contributed by atoms with E-state index in [0.717, 1.165) is 41.0 Å². The molecule has 0 fully saturated rings. The highest BCUT2D eigenvalue weighted by atomic mass is 16.5. The van der Waals surface area contributed by atoms with Crippen LogP contribution < -0.4 is 20.6 Å². The summed E-state index contributed by atoms with van der Waals surface area (Å²) in [6.45, 7) is 2.90. The Morgan fingerprint density at radius 2 is 1.60 bits per heavy atom. The number of allylic oxidation sites excluding steroid dienone is 1. The van der Waals surface area contributed by atoms with Gasteiger partial charge in [-0.25, -0.2) is 0 Å². The average molecular weight is 407 g/mol. The van der Waals surface area contributed by atoms with Crippen LogP contribution in [0.5, 0.6) is 5.75 Å². The van der Waals surface area contributed by atoms with Crippen molar-refractivity contribution in [2.45, 2.75) is 0 Å². The Morgan fingerprint density at radius 3 is 2.27 bits per heavy atom. The molecule has 0 amide bonds. The molecule has 0 atom stereocenters. The quantitative estimate of drug-likeness (QED) is 0.676. The van der Waals surface area contributed by atoms with Crippen LogP contribution >= 0.6 is 0 Å². The van der Waals surface area contributed by atoms with Crippen molar-refractivity contribution in [2.24, 2.45) is 5.10 Å². The van der Waals surface area contributed by atoms with Crippen molar-refractivity contribution in [1.29, 1.82) is 0 Å². The van der Waals surface area contributed by atoms with Gasteiger partial charge in [0.15, 0.2) is 5.70 Å². The van der Waals surface area contributed by atoms with Crippen molar-refractivity contribution in [3.63, 3.8) is 0 Å². The molecule has 30 heavy (non-hydrogen) atoms. The number of ether oxygens (including phenoxy) is 3. The van der Waals surface area contributed by atoms with Crippen LogP contribution in [0.1, 0.15) is 5.56 Å². The summed E-state index contributed by atoms with van der Waals surface area (Å²) in [6, 6.07) is 16.4. The van der Waals surface area contributed by atoms with Gasteiger partial charge >= 0.3 is 0 Å². The molecule has 156 valence electrons. The predicted octanol–water partition coefficient (Wildman–Crippen LogP) is 1.56. The number of hydrazone groups is 1. The van der Waals surface area contributed by atoms with Gasteiger partial charge in [0.2, 0.25) is 0 Å². The van der Waals surface area contributed by atoms with Gasteiger partial charge in [-0.15, -0.1) is 0 Å². The molecule has 0 saturated carbocycles. The SMILES string of the molecule is COCC[N+]1(CCOC)C=c2ccccc2=C2NN=C(c3ccc(OC)cc3)C=C21. The molecule has 0 saturated heterocycles. The summed E-state index contributed by atoms with van der Waals surface area (Å²) in [4.78, 5) is 0. The van der Waals surface area contributed by atoms with Crippen LogP contribution in [0, 0.1) is 0 Å². The van der Waals surface area contributed by atoms with Crippen LogP contribution in [-0.2, 0) is 9.47 Å². The Morgan fingerprint density at radius 1 is 0.900 bits per heavy atom. The first-order chi connectivity index (χ1) is 14.7. The van der Waals surface area contributed by atoms with Crippen LogP contribution in [0.4, 0.5) is 0 Å². The Hall–Kier alpha value is -2.93. The number of hydrogen-bond acceptors (Lipinski definition) is 5. The topological polar surface area (TPSA) is 52.1 Å². The van der Waals surface area contributed by atoms with Crippen molar-refractivity contribution in [3.8, 4) is 5.75 Å². The summed E-state index contributed by atoms with van der Waals surface area (Å²) < 4.78 is 16.9. The molecule has 1 N–H and O–H groups in total. The summed E-state index contributed by atoms with van der Waals surface area (Å²) in [5.74, 6) is 0.827. The van der Waals surface area contributed by atoms with Crippen LogP contribution in [-0.4, -0.2) is 57.8 Å². The van der Waals surface area contributed by atoms with Gasteiger partial charge in [0.1, 0.15) is 30.7 Å². The van der Waals surface area contributed by atoms with E-state index in [9.17, 15) is 0 Å². The molecule has 0 radical (unpaired) electrons. The predicted molar refractivity (Wildman–Crippen MR) is 118 cm³/mol. The third-order valence-electron chi connectivity index (χ3n) is 5.69. The monoisotopic (exact) mass is 406 g/mol. The molecule has 2 aromatic rings. The number of nitrogens with one attached hydrogen (secondary N) is 1.